The second-order valence-corrected chi connectivity index (χ2v) is 4.66. The number of morpholine rings is 1. The van der Waals surface area contributed by atoms with Crippen LogP contribution in [0.2, 0.25) is 0 Å². The van der Waals surface area contributed by atoms with Crippen LogP contribution in [0.3, 0.4) is 0 Å². The summed E-state index contributed by atoms with van der Waals surface area (Å²) in [7, 11) is 1.75. The Bertz CT molecular complexity index is 405. The van der Waals surface area contributed by atoms with Crippen LogP contribution in [-0.2, 0) is 16.1 Å². The Kier molecular flexibility index (Phi) is 7.54. The summed E-state index contributed by atoms with van der Waals surface area (Å²) < 4.78 is 5.33. The summed E-state index contributed by atoms with van der Waals surface area (Å²) in [5.41, 5.74) is 2.10. The third-order valence-corrected chi connectivity index (χ3v) is 3.08. The van der Waals surface area contributed by atoms with E-state index in [4.69, 9.17) is 4.74 Å². The van der Waals surface area contributed by atoms with Gasteiger partial charge in [0.25, 0.3) is 0 Å². The number of rotatable bonds is 5. The Morgan fingerprint density at radius 3 is 2.50 bits per heavy atom. The molecule has 0 unspecified atom stereocenters. The highest BCUT2D eigenvalue weighted by molar-refractivity contribution is 5.92. The number of likely N-dealkylation sites (N-methyl/N-ethyl adjacent to an activating group) is 1. The number of hydrogen-bond donors (Lipinski definition) is 2. The van der Waals surface area contributed by atoms with Gasteiger partial charge in [-0.25, -0.2) is 0 Å². The van der Waals surface area contributed by atoms with Crippen LogP contribution in [0.4, 0.5) is 5.69 Å². The van der Waals surface area contributed by atoms with Crippen LogP contribution in [0.5, 0.6) is 0 Å². The van der Waals surface area contributed by atoms with Crippen LogP contribution in [-0.4, -0.2) is 50.7 Å². The van der Waals surface area contributed by atoms with Gasteiger partial charge in [0.2, 0.25) is 5.91 Å². The Morgan fingerprint density at radius 1 is 1.25 bits per heavy atom. The van der Waals surface area contributed by atoms with Crippen molar-refractivity contribution in [3.8, 4) is 0 Å². The summed E-state index contributed by atoms with van der Waals surface area (Å²) in [5, 5.41) is 5.66. The van der Waals surface area contributed by atoms with Crippen molar-refractivity contribution >= 4 is 24.0 Å². The van der Waals surface area contributed by atoms with E-state index in [0.717, 1.165) is 38.5 Å². The molecule has 1 aromatic carbocycles. The van der Waals surface area contributed by atoms with Crippen molar-refractivity contribution in [3.05, 3.63) is 29.8 Å². The number of nitrogens with one attached hydrogen (secondary N) is 2. The quantitative estimate of drug-likeness (QED) is 0.855. The van der Waals surface area contributed by atoms with E-state index < -0.39 is 0 Å². The zero-order valence-electron chi connectivity index (χ0n) is 11.7. The maximum atomic E-state index is 11.4. The summed E-state index contributed by atoms with van der Waals surface area (Å²) in [6, 6.07) is 8.02. The van der Waals surface area contributed by atoms with Crippen molar-refractivity contribution in [3.63, 3.8) is 0 Å². The summed E-state index contributed by atoms with van der Waals surface area (Å²) in [5.74, 6) is -0.0246. The molecule has 0 saturated carbocycles. The van der Waals surface area contributed by atoms with Gasteiger partial charge in [-0.15, -0.1) is 12.4 Å². The molecule has 20 heavy (non-hydrogen) atoms. The monoisotopic (exact) mass is 299 g/mol. The number of benzene rings is 1. The molecule has 1 fully saturated rings. The normalized spacial score (nSPS) is 15.4. The molecule has 1 heterocycles. The van der Waals surface area contributed by atoms with Crippen molar-refractivity contribution in [2.75, 3.05) is 45.2 Å². The lowest BCUT2D eigenvalue weighted by atomic mass is 10.2. The molecule has 1 aliphatic heterocycles. The van der Waals surface area contributed by atoms with E-state index in [2.05, 4.69) is 27.7 Å². The molecule has 1 saturated heterocycles. The second kappa shape index (κ2) is 8.92. The van der Waals surface area contributed by atoms with Gasteiger partial charge in [0, 0.05) is 25.3 Å². The Morgan fingerprint density at radius 2 is 1.90 bits per heavy atom. The zero-order valence-corrected chi connectivity index (χ0v) is 12.5. The van der Waals surface area contributed by atoms with Crippen LogP contribution in [0, 0.1) is 0 Å². The lowest BCUT2D eigenvalue weighted by molar-refractivity contribution is -0.115. The molecule has 0 radical (unpaired) electrons. The molecule has 1 aromatic rings. The van der Waals surface area contributed by atoms with E-state index in [1.165, 1.54) is 5.56 Å². The molecule has 0 atom stereocenters. The Balaban J connectivity index is 0.00000200. The number of carbonyl (C=O) groups is 1. The minimum atomic E-state index is -0.0246. The molecule has 0 spiro atoms. The summed E-state index contributed by atoms with van der Waals surface area (Å²) in [6.45, 7) is 4.88. The molecular weight excluding hydrogens is 278 g/mol. The number of carbonyl (C=O) groups excluding carboxylic acids is 1. The number of ether oxygens (including phenoxy) is 1. The molecule has 1 amide bonds. The first-order valence-corrected chi connectivity index (χ1v) is 6.61. The summed E-state index contributed by atoms with van der Waals surface area (Å²) in [4.78, 5) is 13.8. The second-order valence-electron chi connectivity index (χ2n) is 4.66. The molecule has 0 bridgehead atoms. The van der Waals surface area contributed by atoms with Crippen LogP contribution in [0.1, 0.15) is 5.56 Å². The number of hydrogen-bond acceptors (Lipinski definition) is 4. The van der Waals surface area contributed by atoms with Crippen LogP contribution >= 0.6 is 12.4 Å². The predicted octanol–water partition coefficient (Wildman–Crippen LogP) is 1.10. The first-order chi connectivity index (χ1) is 9.28. The number of nitrogens with zero attached hydrogens (tertiary/aromatic N) is 1. The predicted molar refractivity (Wildman–Crippen MR) is 82.3 cm³/mol. The molecular formula is C14H22ClN3O2. The fraction of sp³-hybridized carbons (Fsp3) is 0.500. The van der Waals surface area contributed by atoms with Crippen molar-refractivity contribution in [2.45, 2.75) is 6.54 Å². The van der Waals surface area contributed by atoms with Crippen molar-refractivity contribution < 1.29 is 9.53 Å². The molecule has 0 aliphatic carbocycles. The molecule has 1 aliphatic rings. The van der Waals surface area contributed by atoms with Gasteiger partial charge >= 0.3 is 0 Å². The fourth-order valence-corrected chi connectivity index (χ4v) is 2.08. The highest BCUT2D eigenvalue weighted by Crippen LogP contribution is 2.12. The van der Waals surface area contributed by atoms with E-state index in [-0.39, 0.29) is 18.3 Å². The summed E-state index contributed by atoms with van der Waals surface area (Å²) in [6.07, 6.45) is 0. The van der Waals surface area contributed by atoms with E-state index in [1.54, 1.807) is 7.05 Å². The minimum Gasteiger partial charge on any atom is -0.379 e. The van der Waals surface area contributed by atoms with E-state index in [9.17, 15) is 4.79 Å². The van der Waals surface area contributed by atoms with E-state index in [1.807, 2.05) is 12.1 Å². The third kappa shape index (κ3) is 5.46. The molecule has 5 nitrogen and oxygen atoms in total. The first-order valence-electron chi connectivity index (χ1n) is 6.61. The van der Waals surface area contributed by atoms with Gasteiger partial charge in [0.1, 0.15) is 0 Å². The topological polar surface area (TPSA) is 53.6 Å². The van der Waals surface area contributed by atoms with Crippen LogP contribution in [0.15, 0.2) is 24.3 Å². The SMILES string of the molecule is CNCC(=O)Nc1ccc(CN2CCOCC2)cc1.Cl. The fourth-order valence-electron chi connectivity index (χ4n) is 2.08. The standard InChI is InChI=1S/C14H21N3O2.ClH/c1-15-10-14(18)16-13-4-2-12(3-5-13)11-17-6-8-19-9-7-17;/h2-5,15H,6-11H2,1H3,(H,16,18);1H. The van der Waals surface area contributed by atoms with Crippen LogP contribution in [0.25, 0.3) is 0 Å². The van der Waals surface area contributed by atoms with Gasteiger partial charge < -0.3 is 15.4 Å². The summed E-state index contributed by atoms with van der Waals surface area (Å²) >= 11 is 0. The molecule has 0 aromatic heterocycles. The van der Waals surface area contributed by atoms with E-state index in [0.29, 0.717) is 6.54 Å². The highest BCUT2D eigenvalue weighted by atomic mass is 35.5. The van der Waals surface area contributed by atoms with Gasteiger partial charge in [0.15, 0.2) is 0 Å². The molecule has 6 heteroatoms. The maximum Gasteiger partial charge on any atom is 0.238 e. The largest absolute Gasteiger partial charge is 0.379 e. The lowest BCUT2D eigenvalue weighted by Crippen LogP contribution is -2.35. The Labute approximate surface area is 126 Å². The molecule has 2 N–H and O–H groups in total. The number of amides is 1. The molecule has 2 rings (SSSR count). The Hall–Kier alpha value is -1.14. The average Bonchev–Trinajstić information content (AvgIpc) is 2.42. The lowest BCUT2D eigenvalue weighted by Gasteiger charge is -2.26. The van der Waals surface area contributed by atoms with Gasteiger partial charge in [0.05, 0.1) is 19.8 Å². The van der Waals surface area contributed by atoms with Gasteiger partial charge in [-0.1, -0.05) is 12.1 Å². The number of halogens is 1. The third-order valence-electron chi connectivity index (χ3n) is 3.08. The van der Waals surface area contributed by atoms with Crippen molar-refractivity contribution in [1.82, 2.24) is 10.2 Å². The van der Waals surface area contributed by atoms with Gasteiger partial charge in [-0.2, -0.15) is 0 Å². The van der Waals surface area contributed by atoms with E-state index >= 15 is 0 Å². The maximum absolute atomic E-state index is 11.4. The van der Waals surface area contributed by atoms with Crippen molar-refractivity contribution in [2.24, 2.45) is 0 Å². The minimum absolute atomic E-state index is 0. The number of anilines is 1. The first kappa shape index (κ1) is 16.9. The zero-order chi connectivity index (χ0) is 13.5. The van der Waals surface area contributed by atoms with Crippen LogP contribution < -0.4 is 10.6 Å². The van der Waals surface area contributed by atoms with Gasteiger partial charge in [-0.3, -0.25) is 9.69 Å². The van der Waals surface area contributed by atoms with Gasteiger partial charge in [-0.05, 0) is 24.7 Å². The molecule has 112 valence electrons. The smallest absolute Gasteiger partial charge is 0.238 e. The highest BCUT2D eigenvalue weighted by Gasteiger charge is 2.10. The average molecular weight is 300 g/mol. The van der Waals surface area contributed by atoms with Crippen molar-refractivity contribution in [1.29, 1.82) is 0 Å².